The lowest BCUT2D eigenvalue weighted by molar-refractivity contribution is -0.121. The van der Waals surface area contributed by atoms with Gasteiger partial charge in [0.05, 0.1) is 5.52 Å². The molecule has 1 aromatic heterocycles. The van der Waals surface area contributed by atoms with E-state index in [4.69, 9.17) is 13.9 Å². The van der Waals surface area contributed by atoms with E-state index in [9.17, 15) is 9.59 Å². The summed E-state index contributed by atoms with van der Waals surface area (Å²) in [4.78, 5) is 25.8. The average Bonchev–Trinajstić information content (AvgIpc) is 3.22. The number of rotatable bonds is 5. The van der Waals surface area contributed by atoms with Crippen LogP contribution in [0.5, 0.6) is 11.5 Å². The fourth-order valence-electron chi connectivity index (χ4n) is 2.75. The molecule has 1 amide bonds. The van der Waals surface area contributed by atoms with Crippen molar-refractivity contribution in [1.29, 1.82) is 0 Å². The van der Waals surface area contributed by atoms with Gasteiger partial charge in [-0.15, -0.1) is 0 Å². The number of carbonyl (C=O) groups excluding carboxylic acids is 1. The normalized spacial score (nSPS) is 12.5. The van der Waals surface area contributed by atoms with Crippen molar-refractivity contribution < 1.29 is 18.7 Å². The van der Waals surface area contributed by atoms with Gasteiger partial charge >= 0.3 is 5.76 Å². The SMILES string of the molecule is O=C(CCc1ccc2oc(=O)[nH]c2c1)NCc1ccc2c(c1)OCO2. The topological polar surface area (TPSA) is 93.6 Å². The van der Waals surface area contributed by atoms with E-state index in [1.807, 2.05) is 30.3 Å². The lowest BCUT2D eigenvalue weighted by Gasteiger charge is -2.06. The van der Waals surface area contributed by atoms with E-state index in [2.05, 4.69) is 10.3 Å². The van der Waals surface area contributed by atoms with Crippen molar-refractivity contribution in [2.45, 2.75) is 19.4 Å². The zero-order valence-corrected chi connectivity index (χ0v) is 13.3. The van der Waals surface area contributed by atoms with Crippen LogP contribution in [0.2, 0.25) is 0 Å². The Hall–Kier alpha value is -3.22. The van der Waals surface area contributed by atoms with Crippen molar-refractivity contribution in [3.8, 4) is 11.5 Å². The molecule has 0 unspecified atom stereocenters. The van der Waals surface area contributed by atoms with E-state index < -0.39 is 5.76 Å². The van der Waals surface area contributed by atoms with E-state index in [1.54, 1.807) is 6.07 Å². The number of hydrogen-bond acceptors (Lipinski definition) is 5. The maximum absolute atomic E-state index is 12.0. The zero-order chi connectivity index (χ0) is 17.2. The summed E-state index contributed by atoms with van der Waals surface area (Å²) in [6.07, 6.45) is 0.939. The van der Waals surface area contributed by atoms with Crippen molar-refractivity contribution in [2.24, 2.45) is 0 Å². The molecular formula is C18H16N2O5. The quantitative estimate of drug-likeness (QED) is 0.742. The van der Waals surface area contributed by atoms with Crippen molar-refractivity contribution in [2.75, 3.05) is 6.79 Å². The van der Waals surface area contributed by atoms with Crippen molar-refractivity contribution in [1.82, 2.24) is 10.3 Å². The predicted molar refractivity (Wildman–Crippen MR) is 89.6 cm³/mol. The van der Waals surface area contributed by atoms with Crippen molar-refractivity contribution in [3.63, 3.8) is 0 Å². The highest BCUT2D eigenvalue weighted by molar-refractivity contribution is 5.77. The second-order valence-corrected chi connectivity index (χ2v) is 5.81. The molecule has 25 heavy (non-hydrogen) atoms. The molecule has 0 bridgehead atoms. The first kappa shape index (κ1) is 15.3. The lowest BCUT2D eigenvalue weighted by Crippen LogP contribution is -2.22. The number of aryl methyl sites for hydroxylation is 1. The Labute approximate surface area is 142 Å². The third kappa shape index (κ3) is 3.35. The zero-order valence-electron chi connectivity index (χ0n) is 13.3. The summed E-state index contributed by atoms with van der Waals surface area (Å²) < 4.78 is 15.5. The maximum atomic E-state index is 12.0. The van der Waals surface area contributed by atoms with Gasteiger partial charge in [-0.25, -0.2) is 4.79 Å². The molecule has 4 rings (SSSR count). The Morgan fingerprint density at radius 1 is 1.08 bits per heavy atom. The second kappa shape index (κ2) is 6.35. The molecule has 7 heteroatoms. The molecule has 0 radical (unpaired) electrons. The number of benzene rings is 2. The van der Waals surface area contributed by atoms with Crippen LogP contribution in [-0.2, 0) is 17.8 Å². The summed E-state index contributed by atoms with van der Waals surface area (Å²) in [5.74, 6) is 0.906. The number of hydrogen-bond donors (Lipinski definition) is 2. The minimum atomic E-state index is -0.478. The number of ether oxygens (including phenoxy) is 2. The first-order valence-electron chi connectivity index (χ1n) is 7.94. The van der Waals surface area contributed by atoms with Crippen LogP contribution in [0.3, 0.4) is 0 Å². The van der Waals surface area contributed by atoms with E-state index in [-0.39, 0.29) is 12.7 Å². The molecule has 0 saturated heterocycles. The van der Waals surface area contributed by atoms with Gasteiger partial charge in [0, 0.05) is 13.0 Å². The number of aromatic nitrogens is 1. The van der Waals surface area contributed by atoms with Crippen LogP contribution in [0.25, 0.3) is 11.1 Å². The summed E-state index contributed by atoms with van der Waals surface area (Å²) in [5, 5.41) is 2.89. The molecule has 2 heterocycles. The fraction of sp³-hybridized carbons (Fsp3) is 0.222. The Balaban J connectivity index is 1.31. The molecular weight excluding hydrogens is 324 g/mol. The molecule has 0 saturated carbocycles. The minimum absolute atomic E-state index is 0.0431. The van der Waals surface area contributed by atoms with Gasteiger partial charge in [0.25, 0.3) is 0 Å². The first-order chi connectivity index (χ1) is 12.2. The van der Waals surface area contributed by atoms with Crippen LogP contribution in [0.4, 0.5) is 0 Å². The lowest BCUT2D eigenvalue weighted by atomic mass is 10.1. The number of carbonyl (C=O) groups is 1. The van der Waals surface area contributed by atoms with Crippen LogP contribution < -0.4 is 20.5 Å². The highest BCUT2D eigenvalue weighted by Gasteiger charge is 2.13. The molecule has 3 aromatic rings. The Kier molecular flexibility index (Phi) is 3.89. The molecule has 2 aromatic carbocycles. The molecule has 0 aliphatic carbocycles. The summed E-state index contributed by atoms with van der Waals surface area (Å²) >= 11 is 0. The predicted octanol–water partition coefficient (Wildman–Crippen LogP) is 2.10. The van der Waals surface area contributed by atoms with Gasteiger partial charge in [0.15, 0.2) is 17.1 Å². The van der Waals surface area contributed by atoms with Crippen LogP contribution in [-0.4, -0.2) is 17.7 Å². The largest absolute Gasteiger partial charge is 0.454 e. The molecule has 1 aliphatic rings. The molecule has 0 fully saturated rings. The first-order valence-corrected chi connectivity index (χ1v) is 7.94. The van der Waals surface area contributed by atoms with Crippen molar-refractivity contribution in [3.05, 3.63) is 58.1 Å². The number of amides is 1. The van der Waals surface area contributed by atoms with E-state index in [1.165, 1.54) is 0 Å². The van der Waals surface area contributed by atoms with Gasteiger partial charge in [-0.05, 0) is 41.8 Å². The van der Waals surface area contributed by atoms with E-state index in [0.717, 1.165) is 16.9 Å². The number of H-pyrrole nitrogens is 1. The Bertz CT molecular complexity index is 989. The van der Waals surface area contributed by atoms with Crippen LogP contribution >= 0.6 is 0 Å². The number of fused-ring (bicyclic) bond motifs is 2. The van der Waals surface area contributed by atoms with Crippen molar-refractivity contribution >= 4 is 17.0 Å². The standard InChI is InChI=1S/C18H16N2O5/c21-17(19-9-12-2-5-15-16(8-12)24-10-23-15)6-3-11-1-4-14-13(7-11)20-18(22)25-14/h1-2,4-5,7-8H,3,6,9-10H2,(H,19,21)(H,20,22). The monoisotopic (exact) mass is 340 g/mol. The smallest absolute Gasteiger partial charge is 0.417 e. The summed E-state index contributed by atoms with van der Waals surface area (Å²) in [6.45, 7) is 0.668. The molecule has 0 spiro atoms. The van der Waals surface area contributed by atoms with Crippen LogP contribution in [0.1, 0.15) is 17.5 Å². The maximum Gasteiger partial charge on any atom is 0.417 e. The van der Waals surface area contributed by atoms with Gasteiger partial charge in [-0.3, -0.25) is 9.78 Å². The number of oxazole rings is 1. The van der Waals surface area contributed by atoms with E-state index in [0.29, 0.717) is 36.2 Å². The fourth-order valence-corrected chi connectivity index (χ4v) is 2.75. The van der Waals surface area contributed by atoms with Gasteiger partial charge in [-0.2, -0.15) is 0 Å². The highest BCUT2D eigenvalue weighted by atomic mass is 16.7. The highest BCUT2D eigenvalue weighted by Crippen LogP contribution is 2.32. The Morgan fingerprint density at radius 2 is 1.92 bits per heavy atom. The molecule has 128 valence electrons. The van der Waals surface area contributed by atoms with Gasteiger partial charge in [-0.1, -0.05) is 12.1 Å². The summed E-state index contributed by atoms with van der Waals surface area (Å²) in [5.41, 5.74) is 3.07. The molecule has 0 atom stereocenters. The van der Waals surface area contributed by atoms with Gasteiger partial charge in [0.2, 0.25) is 12.7 Å². The second-order valence-electron chi connectivity index (χ2n) is 5.81. The van der Waals surface area contributed by atoms with Crippen LogP contribution in [0.15, 0.2) is 45.6 Å². The van der Waals surface area contributed by atoms with Gasteiger partial charge < -0.3 is 19.2 Å². The molecule has 7 nitrogen and oxygen atoms in total. The Morgan fingerprint density at radius 3 is 2.84 bits per heavy atom. The van der Waals surface area contributed by atoms with Gasteiger partial charge in [0.1, 0.15) is 0 Å². The number of aromatic amines is 1. The number of nitrogens with one attached hydrogen (secondary N) is 2. The minimum Gasteiger partial charge on any atom is -0.454 e. The summed E-state index contributed by atoms with van der Waals surface area (Å²) in [7, 11) is 0. The van der Waals surface area contributed by atoms with Crippen LogP contribution in [0, 0.1) is 0 Å². The molecule has 2 N–H and O–H groups in total. The third-order valence-electron chi connectivity index (χ3n) is 4.05. The average molecular weight is 340 g/mol. The third-order valence-corrected chi connectivity index (χ3v) is 4.05. The van der Waals surface area contributed by atoms with E-state index >= 15 is 0 Å². The summed E-state index contributed by atoms with van der Waals surface area (Å²) in [6, 6.07) is 11.0. The molecule has 1 aliphatic heterocycles.